The molecule has 0 spiro atoms. The molecule has 1 rings (SSSR count). The molecule has 1 aliphatic rings. The molecular formula is C7H12N2O. The van der Waals surface area contributed by atoms with E-state index in [0.717, 1.165) is 13.0 Å². The van der Waals surface area contributed by atoms with E-state index in [1.54, 1.807) is 0 Å². The topological polar surface area (TPSA) is 47.3 Å². The Kier molecular flexibility index (Phi) is 2.25. The first-order valence-electron chi connectivity index (χ1n) is 3.54. The van der Waals surface area contributed by atoms with Gasteiger partial charge in [-0.1, -0.05) is 0 Å². The van der Waals surface area contributed by atoms with Crippen LogP contribution in [-0.2, 0) is 0 Å². The summed E-state index contributed by atoms with van der Waals surface area (Å²) in [6, 6.07) is 2.24. The molecule has 3 heteroatoms. The zero-order valence-electron chi connectivity index (χ0n) is 6.12. The average Bonchev–Trinajstić information content (AvgIpc) is 2.20. The average molecular weight is 140 g/mol. The highest BCUT2D eigenvalue weighted by Gasteiger charge is 2.27. The van der Waals surface area contributed by atoms with Gasteiger partial charge in [0.05, 0.1) is 18.7 Å². The highest BCUT2D eigenvalue weighted by atomic mass is 16.3. The molecule has 0 aromatic carbocycles. The van der Waals surface area contributed by atoms with Gasteiger partial charge in [0.15, 0.2) is 0 Å². The first-order valence-corrected chi connectivity index (χ1v) is 3.54. The molecule has 0 radical (unpaired) electrons. The fourth-order valence-corrected chi connectivity index (χ4v) is 1.30. The van der Waals surface area contributed by atoms with Crippen molar-refractivity contribution in [2.75, 3.05) is 13.1 Å². The molecule has 0 aromatic rings. The second-order valence-corrected chi connectivity index (χ2v) is 2.73. The van der Waals surface area contributed by atoms with Gasteiger partial charge in [-0.3, -0.25) is 4.90 Å². The molecule has 0 unspecified atom stereocenters. The molecule has 1 aliphatic heterocycles. The van der Waals surface area contributed by atoms with Crippen LogP contribution < -0.4 is 0 Å². The van der Waals surface area contributed by atoms with Crippen molar-refractivity contribution in [1.82, 2.24) is 4.90 Å². The Hall–Kier alpha value is -0.590. The van der Waals surface area contributed by atoms with E-state index in [4.69, 9.17) is 5.26 Å². The summed E-state index contributed by atoms with van der Waals surface area (Å²) in [6.07, 6.45) is 0.580. The van der Waals surface area contributed by atoms with E-state index in [1.165, 1.54) is 0 Å². The first-order chi connectivity index (χ1) is 4.75. The van der Waals surface area contributed by atoms with Gasteiger partial charge in [-0.25, -0.2) is 0 Å². The van der Waals surface area contributed by atoms with Gasteiger partial charge in [0.2, 0.25) is 0 Å². The van der Waals surface area contributed by atoms with Crippen LogP contribution in [0.1, 0.15) is 13.3 Å². The van der Waals surface area contributed by atoms with Crippen LogP contribution in [0.25, 0.3) is 0 Å². The molecule has 1 fully saturated rings. The summed E-state index contributed by atoms with van der Waals surface area (Å²) in [5.41, 5.74) is 0. The number of aliphatic hydroxyl groups excluding tert-OH is 1. The Morgan fingerprint density at radius 1 is 1.80 bits per heavy atom. The molecule has 56 valence electrons. The van der Waals surface area contributed by atoms with E-state index in [2.05, 4.69) is 6.07 Å². The fourth-order valence-electron chi connectivity index (χ4n) is 1.30. The Labute approximate surface area is 60.9 Å². The Morgan fingerprint density at radius 2 is 2.50 bits per heavy atom. The maximum absolute atomic E-state index is 9.24. The summed E-state index contributed by atoms with van der Waals surface area (Å²) in [7, 11) is 0. The molecule has 0 bridgehead atoms. The molecule has 0 amide bonds. The van der Waals surface area contributed by atoms with Gasteiger partial charge in [-0.05, 0) is 13.3 Å². The Bertz CT molecular complexity index is 152. The lowest BCUT2D eigenvalue weighted by Gasteiger charge is -2.18. The zero-order valence-corrected chi connectivity index (χ0v) is 6.12. The lowest BCUT2D eigenvalue weighted by atomic mass is 10.2. The van der Waals surface area contributed by atoms with E-state index in [-0.39, 0.29) is 12.1 Å². The van der Waals surface area contributed by atoms with Gasteiger partial charge in [0.1, 0.15) is 0 Å². The maximum Gasteiger partial charge on any atom is 0.0869 e. The maximum atomic E-state index is 9.24. The highest BCUT2D eigenvalue weighted by molar-refractivity contribution is 4.88. The quantitative estimate of drug-likeness (QED) is 0.520. The largest absolute Gasteiger partial charge is 0.391 e. The Morgan fingerprint density at radius 3 is 2.90 bits per heavy atom. The van der Waals surface area contributed by atoms with Crippen molar-refractivity contribution in [3.63, 3.8) is 0 Å². The summed E-state index contributed by atoms with van der Waals surface area (Å²) in [4.78, 5) is 1.99. The lowest BCUT2D eigenvalue weighted by Crippen LogP contribution is -2.32. The fraction of sp³-hybridized carbons (Fsp3) is 0.857. The lowest BCUT2D eigenvalue weighted by molar-refractivity contribution is 0.132. The van der Waals surface area contributed by atoms with Crippen LogP contribution in [0.3, 0.4) is 0 Å². The first kappa shape index (κ1) is 7.52. The van der Waals surface area contributed by atoms with E-state index in [1.807, 2.05) is 11.8 Å². The van der Waals surface area contributed by atoms with Gasteiger partial charge >= 0.3 is 0 Å². The van der Waals surface area contributed by atoms with Crippen LogP contribution >= 0.6 is 0 Å². The van der Waals surface area contributed by atoms with Crippen LogP contribution in [-0.4, -0.2) is 35.2 Å². The number of hydrogen-bond donors (Lipinski definition) is 1. The Balaban J connectivity index is 2.43. The summed E-state index contributed by atoms with van der Waals surface area (Å²) < 4.78 is 0. The third-order valence-corrected chi connectivity index (χ3v) is 2.12. The van der Waals surface area contributed by atoms with Gasteiger partial charge < -0.3 is 5.11 Å². The smallest absolute Gasteiger partial charge is 0.0869 e. The van der Waals surface area contributed by atoms with Crippen LogP contribution in [0, 0.1) is 11.3 Å². The summed E-state index contributed by atoms with van der Waals surface area (Å²) in [5, 5.41) is 17.6. The number of hydrogen-bond acceptors (Lipinski definition) is 3. The van der Waals surface area contributed by atoms with Crippen molar-refractivity contribution >= 4 is 0 Å². The monoisotopic (exact) mass is 140 g/mol. The number of aliphatic hydroxyl groups is 1. The molecule has 0 aromatic heterocycles. The van der Waals surface area contributed by atoms with Crippen LogP contribution in [0.4, 0.5) is 0 Å². The summed E-state index contributed by atoms with van der Waals surface area (Å²) >= 11 is 0. The van der Waals surface area contributed by atoms with Crippen molar-refractivity contribution in [2.24, 2.45) is 0 Å². The molecule has 0 saturated carbocycles. The van der Waals surface area contributed by atoms with Crippen LogP contribution in [0.15, 0.2) is 0 Å². The zero-order chi connectivity index (χ0) is 7.56. The molecule has 2 atom stereocenters. The predicted molar refractivity (Wildman–Crippen MR) is 37.3 cm³/mol. The van der Waals surface area contributed by atoms with Crippen molar-refractivity contribution in [3.05, 3.63) is 0 Å². The van der Waals surface area contributed by atoms with E-state index in [9.17, 15) is 5.11 Å². The van der Waals surface area contributed by atoms with Gasteiger partial charge in [0.25, 0.3) is 0 Å². The third kappa shape index (κ3) is 1.28. The molecule has 1 saturated heterocycles. The SMILES string of the molecule is C[C@H]1[C@H](O)CCN1CC#N. The minimum Gasteiger partial charge on any atom is -0.391 e. The van der Waals surface area contributed by atoms with E-state index in [0.29, 0.717) is 6.54 Å². The van der Waals surface area contributed by atoms with E-state index >= 15 is 0 Å². The van der Waals surface area contributed by atoms with Gasteiger partial charge in [-0.15, -0.1) is 0 Å². The number of likely N-dealkylation sites (tertiary alicyclic amines) is 1. The van der Waals surface area contributed by atoms with Crippen molar-refractivity contribution in [3.8, 4) is 6.07 Å². The summed E-state index contributed by atoms with van der Waals surface area (Å²) in [5.74, 6) is 0. The highest BCUT2D eigenvalue weighted by Crippen LogP contribution is 2.15. The molecule has 1 N–H and O–H groups in total. The minimum absolute atomic E-state index is 0.166. The van der Waals surface area contributed by atoms with Crippen LogP contribution in [0.5, 0.6) is 0 Å². The molecule has 10 heavy (non-hydrogen) atoms. The standard InChI is InChI=1S/C7H12N2O/c1-6-7(10)2-4-9(6)5-3-8/h6-7,10H,2,4-5H2,1H3/t6-,7+/m0/s1. The molecule has 1 heterocycles. The van der Waals surface area contributed by atoms with Crippen molar-refractivity contribution in [1.29, 1.82) is 5.26 Å². The summed E-state index contributed by atoms with van der Waals surface area (Å²) in [6.45, 7) is 3.25. The van der Waals surface area contributed by atoms with Crippen LogP contribution in [0.2, 0.25) is 0 Å². The van der Waals surface area contributed by atoms with Gasteiger partial charge in [0, 0.05) is 12.6 Å². The van der Waals surface area contributed by atoms with Crippen molar-refractivity contribution in [2.45, 2.75) is 25.5 Å². The van der Waals surface area contributed by atoms with E-state index < -0.39 is 0 Å². The molecule has 0 aliphatic carbocycles. The number of rotatable bonds is 1. The van der Waals surface area contributed by atoms with Gasteiger partial charge in [-0.2, -0.15) is 5.26 Å². The predicted octanol–water partition coefficient (Wildman–Crippen LogP) is -0.0349. The van der Waals surface area contributed by atoms with Crippen molar-refractivity contribution < 1.29 is 5.11 Å². The third-order valence-electron chi connectivity index (χ3n) is 2.12. The molecular weight excluding hydrogens is 128 g/mol. The second-order valence-electron chi connectivity index (χ2n) is 2.73. The number of nitrogens with zero attached hydrogens (tertiary/aromatic N) is 2. The minimum atomic E-state index is -0.228. The molecule has 3 nitrogen and oxygen atoms in total. The normalized spacial score (nSPS) is 34.1. The number of nitriles is 1. The second kappa shape index (κ2) is 3.00.